The fourth-order valence-corrected chi connectivity index (χ4v) is 1.18. The Hall–Kier alpha value is -0.650. The van der Waals surface area contributed by atoms with Gasteiger partial charge < -0.3 is 19.9 Å². The van der Waals surface area contributed by atoms with Gasteiger partial charge in [0.1, 0.15) is 0 Å². The predicted octanol–water partition coefficient (Wildman–Crippen LogP) is 0.519. The Balaban J connectivity index is 4.26. The van der Waals surface area contributed by atoms with Crippen molar-refractivity contribution in [2.24, 2.45) is 5.92 Å². The molecule has 16 heavy (non-hydrogen) atoms. The van der Waals surface area contributed by atoms with E-state index in [9.17, 15) is 4.79 Å². The molecule has 1 atom stereocenters. The van der Waals surface area contributed by atoms with Crippen LogP contribution in [0.2, 0.25) is 0 Å². The molecule has 0 aromatic rings. The number of ether oxygens (including phenoxy) is 2. The first-order valence-electron chi connectivity index (χ1n) is 5.71. The van der Waals surface area contributed by atoms with Crippen molar-refractivity contribution in [1.82, 2.24) is 5.32 Å². The maximum Gasteiger partial charge on any atom is 0.277 e. The summed E-state index contributed by atoms with van der Waals surface area (Å²) >= 11 is 0. The third-order valence-corrected chi connectivity index (χ3v) is 2.18. The lowest BCUT2D eigenvalue weighted by molar-refractivity contribution is -0.171. The number of hydrogen-bond donors (Lipinski definition) is 2. The van der Waals surface area contributed by atoms with Crippen LogP contribution in [0.25, 0.3) is 0 Å². The molecule has 0 bridgehead atoms. The molecule has 5 nitrogen and oxygen atoms in total. The summed E-state index contributed by atoms with van der Waals surface area (Å²) in [5, 5.41) is 11.8. The first-order valence-corrected chi connectivity index (χ1v) is 5.71. The third-order valence-electron chi connectivity index (χ3n) is 2.18. The van der Waals surface area contributed by atoms with Crippen LogP contribution in [0.5, 0.6) is 0 Å². The van der Waals surface area contributed by atoms with E-state index < -0.39 is 6.29 Å². The van der Waals surface area contributed by atoms with Crippen LogP contribution in [0.1, 0.15) is 27.7 Å². The van der Waals surface area contributed by atoms with Gasteiger partial charge in [0.05, 0.1) is 12.6 Å². The number of rotatable bonds is 8. The molecule has 0 radical (unpaired) electrons. The highest BCUT2D eigenvalue weighted by atomic mass is 16.7. The number of nitrogens with one attached hydrogen (secondary N) is 1. The Morgan fingerprint density at radius 1 is 1.25 bits per heavy atom. The van der Waals surface area contributed by atoms with Crippen molar-refractivity contribution in [3.05, 3.63) is 0 Å². The predicted molar refractivity (Wildman–Crippen MR) is 60.9 cm³/mol. The van der Waals surface area contributed by atoms with Crippen LogP contribution >= 0.6 is 0 Å². The quantitative estimate of drug-likeness (QED) is 0.600. The SMILES string of the molecule is CCOC(OCC)C(=O)NC(CO)C(C)C. The van der Waals surface area contributed by atoms with E-state index in [4.69, 9.17) is 14.6 Å². The summed E-state index contributed by atoms with van der Waals surface area (Å²) < 4.78 is 10.3. The summed E-state index contributed by atoms with van der Waals surface area (Å²) in [5.41, 5.74) is 0. The highest BCUT2D eigenvalue weighted by Crippen LogP contribution is 2.03. The summed E-state index contributed by atoms with van der Waals surface area (Å²) in [6.45, 7) is 8.17. The number of carbonyl (C=O) groups excluding carboxylic acids is 1. The Bertz CT molecular complexity index is 190. The standard InChI is InChI=1S/C11H23NO4/c1-5-15-11(16-6-2)10(14)12-9(7-13)8(3)4/h8-9,11,13H,5-7H2,1-4H3,(H,12,14). The molecule has 0 aliphatic rings. The monoisotopic (exact) mass is 233 g/mol. The van der Waals surface area contributed by atoms with Gasteiger partial charge in [0.2, 0.25) is 6.29 Å². The van der Waals surface area contributed by atoms with Crippen LogP contribution in [-0.4, -0.2) is 43.2 Å². The van der Waals surface area contributed by atoms with Gasteiger partial charge in [-0.05, 0) is 19.8 Å². The summed E-state index contributed by atoms with van der Waals surface area (Å²) in [5.74, 6) is -0.172. The number of aliphatic hydroxyl groups is 1. The van der Waals surface area contributed by atoms with E-state index in [1.165, 1.54) is 0 Å². The van der Waals surface area contributed by atoms with Gasteiger partial charge >= 0.3 is 0 Å². The maximum atomic E-state index is 11.7. The molecule has 0 aliphatic heterocycles. The minimum atomic E-state index is -0.886. The first kappa shape index (κ1) is 15.3. The average Bonchev–Trinajstić information content (AvgIpc) is 2.24. The van der Waals surface area contributed by atoms with E-state index in [2.05, 4.69) is 5.32 Å². The van der Waals surface area contributed by atoms with Gasteiger partial charge in [-0.25, -0.2) is 0 Å². The zero-order valence-corrected chi connectivity index (χ0v) is 10.5. The fourth-order valence-electron chi connectivity index (χ4n) is 1.18. The maximum absolute atomic E-state index is 11.7. The smallest absolute Gasteiger partial charge is 0.277 e. The van der Waals surface area contributed by atoms with Crippen molar-refractivity contribution >= 4 is 5.91 Å². The number of carbonyl (C=O) groups is 1. The lowest BCUT2D eigenvalue weighted by Crippen LogP contribution is -2.47. The second-order valence-electron chi connectivity index (χ2n) is 3.78. The summed E-state index contributed by atoms with van der Waals surface area (Å²) in [6.07, 6.45) is -0.886. The lowest BCUT2D eigenvalue weighted by Gasteiger charge is -2.23. The van der Waals surface area contributed by atoms with Crippen molar-refractivity contribution in [2.45, 2.75) is 40.0 Å². The second-order valence-corrected chi connectivity index (χ2v) is 3.78. The largest absolute Gasteiger partial charge is 0.394 e. The molecule has 0 saturated heterocycles. The normalized spacial score (nSPS) is 13.2. The van der Waals surface area contributed by atoms with E-state index in [0.717, 1.165) is 0 Å². The molecule has 0 saturated carbocycles. The highest BCUT2D eigenvalue weighted by Gasteiger charge is 2.23. The molecule has 0 aliphatic carbocycles. The molecule has 5 heteroatoms. The molecule has 2 N–H and O–H groups in total. The Labute approximate surface area is 97.1 Å². The molecule has 0 aromatic carbocycles. The van der Waals surface area contributed by atoms with E-state index in [1.807, 2.05) is 13.8 Å². The number of aliphatic hydroxyl groups excluding tert-OH is 1. The minimum Gasteiger partial charge on any atom is -0.394 e. The van der Waals surface area contributed by atoms with Crippen molar-refractivity contribution in [1.29, 1.82) is 0 Å². The third kappa shape index (κ3) is 5.44. The second kappa shape index (κ2) is 8.50. The van der Waals surface area contributed by atoms with Gasteiger partial charge in [0.15, 0.2) is 0 Å². The van der Waals surface area contributed by atoms with Crippen molar-refractivity contribution in [3.8, 4) is 0 Å². The van der Waals surface area contributed by atoms with Crippen LogP contribution in [-0.2, 0) is 14.3 Å². The summed E-state index contributed by atoms with van der Waals surface area (Å²) in [6, 6.07) is -0.268. The molecule has 0 rings (SSSR count). The van der Waals surface area contributed by atoms with Gasteiger partial charge in [-0.1, -0.05) is 13.8 Å². The molecule has 1 unspecified atom stereocenters. The average molecular weight is 233 g/mol. The summed E-state index contributed by atoms with van der Waals surface area (Å²) in [7, 11) is 0. The van der Waals surface area contributed by atoms with E-state index in [-0.39, 0.29) is 24.5 Å². The van der Waals surface area contributed by atoms with Gasteiger partial charge in [0.25, 0.3) is 5.91 Å². The fraction of sp³-hybridized carbons (Fsp3) is 0.909. The van der Waals surface area contributed by atoms with Crippen molar-refractivity contribution < 1.29 is 19.4 Å². The molecular formula is C11H23NO4. The van der Waals surface area contributed by atoms with Crippen LogP contribution in [0.3, 0.4) is 0 Å². The van der Waals surface area contributed by atoms with Gasteiger partial charge in [-0.15, -0.1) is 0 Å². The van der Waals surface area contributed by atoms with Crippen LogP contribution in [0, 0.1) is 5.92 Å². The zero-order chi connectivity index (χ0) is 12.6. The van der Waals surface area contributed by atoms with Gasteiger partial charge in [-0.2, -0.15) is 0 Å². The molecule has 0 heterocycles. The number of hydrogen-bond acceptors (Lipinski definition) is 4. The van der Waals surface area contributed by atoms with Crippen LogP contribution < -0.4 is 5.32 Å². The van der Waals surface area contributed by atoms with Crippen molar-refractivity contribution in [2.75, 3.05) is 19.8 Å². The van der Waals surface area contributed by atoms with Gasteiger partial charge in [0, 0.05) is 13.2 Å². The molecule has 0 fully saturated rings. The molecule has 96 valence electrons. The molecule has 0 aromatic heterocycles. The molecular weight excluding hydrogens is 210 g/mol. The summed E-state index contributed by atoms with van der Waals surface area (Å²) in [4.78, 5) is 11.7. The molecule has 1 amide bonds. The topological polar surface area (TPSA) is 67.8 Å². The Morgan fingerprint density at radius 2 is 1.75 bits per heavy atom. The van der Waals surface area contributed by atoms with E-state index in [0.29, 0.717) is 13.2 Å². The van der Waals surface area contributed by atoms with E-state index in [1.54, 1.807) is 13.8 Å². The minimum absolute atomic E-state index is 0.0889. The van der Waals surface area contributed by atoms with Crippen molar-refractivity contribution in [3.63, 3.8) is 0 Å². The van der Waals surface area contributed by atoms with E-state index >= 15 is 0 Å². The van der Waals surface area contributed by atoms with Crippen LogP contribution in [0.4, 0.5) is 0 Å². The zero-order valence-electron chi connectivity index (χ0n) is 10.5. The van der Waals surface area contributed by atoms with Crippen LogP contribution in [0.15, 0.2) is 0 Å². The lowest BCUT2D eigenvalue weighted by atomic mass is 10.1. The Kier molecular flexibility index (Phi) is 8.15. The first-order chi connectivity index (χ1) is 7.56. The molecule has 0 spiro atoms. The highest BCUT2D eigenvalue weighted by molar-refractivity contribution is 5.79. The Morgan fingerprint density at radius 3 is 2.06 bits per heavy atom. The number of amides is 1. The van der Waals surface area contributed by atoms with Gasteiger partial charge in [-0.3, -0.25) is 4.79 Å².